The van der Waals surface area contributed by atoms with E-state index in [1.165, 1.54) is 26.5 Å². The Bertz CT molecular complexity index is 767. The summed E-state index contributed by atoms with van der Waals surface area (Å²) < 4.78 is 2.33. The molecule has 2 aromatic carbocycles. The van der Waals surface area contributed by atoms with Gasteiger partial charge in [0.05, 0.1) is 4.21 Å². The quantitative estimate of drug-likeness (QED) is 0.289. The summed E-state index contributed by atoms with van der Waals surface area (Å²) in [4.78, 5) is 0. The Hall–Kier alpha value is -0.940. The van der Waals surface area contributed by atoms with Gasteiger partial charge in [0.1, 0.15) is 3.82 Å². The maximum atomic E-state index is 5.52. The standard InChI is InChI=1S/C17H14S4/c1-12-7-9-13(10-8-12)11-19-17-15(16(18)20-21-17)14-5-3-2-4-6-14/h2-10H,11H2,1H3. The summed E-state index contributed by atoms with van der Waals surface area (Å²) in [5.41, 5.74) is 5.12. The maximum absolute atomic E-state index is 5.52. The number of hydrogen-bond acceptors (Lipinski definition) is 4. The van der Waals surface area contributed by atoms with Crippen molar-refractivity contribution in [1.82, 2.24) is 0 Å². The fraction of sp³-hybridized carbons (Fsp3) is 0.118. The molecule has 0 bridgehead atoms. The van der Waals surface area contributed by atoms with E-state index in [9.17, 15) is 0 Å². The van der Waals surface area contributed by atoms with Crippen molar-refractivity contribution in [2.24, 2.45) is 0 Å². The summed E-state index contributed by atoms with van der Waals surface area (Å²) in [7, 11) is 3.49. The lowest BCUT2D eigenvalue weighted by atomic mass is 10.1. The van der Waals surface area contributed by atoms with E-state index in [1.54, 1.807) is 20.7 Å². The molecule has 0 aliphatic heterocycles. The Labute approximate surface area is 141 Å². The molecule has 0 saturated heterocycles. The van der Waals surface area contributed by atoms with Crippen LogP contribution in [0.1, 0.15) is 11.1 Å². The van der Waals surface area contributed by atoms with Gasteiger partial charge in [-0.25, -0.2) is 0 Å². The van der Waals surface area contributed by atoms with Gasteiger partial charge in [-0.15, -0.1) is 11.8 Å². The average Bonchev–Trinajstić information content (AvgIpc) is 2.88. The molecule has 0 N–H and O–H groups in total. The van der Waals surface area contributed by atoms with Gasteiger partial charge >= 0.3 is 0 Å². The smallest absolute Gasteiger partial charge is 0.109 e. The number of benzene rings is 2. The zero-order valence-corrected chi connectivity index (χ0v) is 14.8. The lowest BCUT2D eigenvalue weighted by Gasteiger charge is -2.04. The molecule has 0 nitrogen and oxygen atoms in total. The first-order valence-electron chi connectivity index (χ1n) is 6.61. The van der Waals surface area contributed by atoms with E-state index in [-0.39, 0.29) is 0 Å². The molecule has 0 unspecified atom stereocenters. The lowest BCUT2D eigenvalue weighted by molar-refractivity contribution is 1.36. The molecule has 0 saturated carbocycles. The van der Waals surface area contributed by atoms with Gasteiger partial charge in [0.25, 0.3) is 0 Å². The zero-order valence-electron chi connectivity index (χ0n) is 11.5. The van der Waals surface area contributed by atoms with E-state index in [2.05, 4.69) is 55.5 Å². The Morgan fingerprint density at radius 1 is 0.952 bits per heavy atom. The highest BCUT2D eigenvalue weighted by Crippen LogP contribution is 2.41. The predicted octanol–water partition coefficient (Wildman–Crippen LogP) is 6.81. The third-order valence-corrected chi connectivity index (χ3v) is 7.83. The molecule has 0 radical (unpaired) electrons. The summed E-state index contributed by atoms with van der Waals surface area (Å²) in [6.45, 7) is 2.12. The molecular weight excluding hydrogens is 332 g/mol. The number of rotatable bonds is 4. The monoisotopic (exact) mass is 346 g/mol. The van der Waals surface area contributed by atoms with Crippen LogP contribution < -0.4 is 0 Å². The van der Waals surface area contributed by atoms with Crippen LogP contribution in [0.2, 0.25) is 0 Å². The van der Waals surface area contributed by atoms with Crippen molar-refractivity contribution in [3.8, 4) is 11.1 Å². The Balaban J connectivity index is 1.84. The Kier molecular flexibility index (Phi) is 4.91. The van der Waals surface area contributed by atoms with Crippen molar-refractivity contribution in [2.75, 3.05) is 0 Å². The van der Waals surface area contributed by atoms with Crippen LogP contribution in [-0.4, -0.2) is 0 Å². The molecule has 0 atom stereocenters. The second-order valence-electron chi connectivity index (χ2n) is 4.76. The number of hydrogen-bond donors (Lipinski definition) is 0. The average molecular weight is 347 g/mol. The van der Waals surface area contributed by atoms with Crippen LogP contribution in [0.4, 0.5) is 0 Å². The SMILES string of the molecule is Cc1ccc(CSc2ssc(=S)c2-c2ccccc2)cc1. The summed E-state index contributed by atoms with van der Waals surface area (Å²) in [5.74, 6) is 0.988. The minimum Gasteiger partial charge on any atom is -0.109 e. The first-order valence-corrected chi connectivity index (χ1v) is 10.2. The van der Waals surface area contributed by atoms with Crippen LogP contribution in [-0.2, 0) is 5.75 Å². The van der Waals surface area contributed by atoms with E-state index in [4.69, 9.17) is 12.2 Å². The zero-order chi connectivity index (χ0) is 14.7. The normalized spacial score (nSPS) is 10.7. The van der Waals surface area contributed by atoms with Crippen molar-refractivity contribution in [3.05, 3.63) is 69.5 Å². The van der Waals surface area contributed by atoms with E-state index < -0.39 is 0 Å². The molecule has 106 valence electrons. The van der Waals surface area contributed by atoms with Crippen molar-refractivity contribution >= 4 is 44.7 Å². The highest BCUT2D eigenvalue weighted by atomic mass is 32.9. The van der Waals surface area contributed by atoms with Gasteiger partial charge in [0.2, 0.25) is 0 Å². The van der Waals surface area contributed by atoms with Crippen LogP contribution in [0.25, 0.3) is 11.1 Å². The van der Waals surface area contributed by atoms with Crippen molar-refractivity contribution < 1.29 is 0 Å². The van der Waals surface area contributed by atoms with E-state index in [0.717, 1.165) is 9.58 Å². The molecule has 0 aliphatic rings. The van der Waals surface area contributed by atoms with Crippen LogP contribution in [0.5, 0.6) is 0 Å². The van der Waals surface area contributed by atoms with Crippen LogP contribution in [0.3, 0.4) is 0 Å². The van der Waals surface area contributed by atoms with Crippen molar-refractivity contribution in [2.45, 2.75) is 16.9 Å². The molecule has 3 rings (SSSR count). The second-order valence-corrected chi connectivity index (χ2v) is 8.82. The van der Waals surface area contributed by atoms with Gasteiger partial charge < -0.3 is 0 Å². The summed E-state index contributed by atoms with van der Waals surface area (Å²) >= 11 is 7.40. The Morgan fingerprint density at radius 2 is 1.67 bits per heavy atom. The number of thioether (sulfide) groups is 1. The van der Waals surface area contributed by atoms with E-state index >= 15 is 0 Å². The van der Waals surface area contributed by atoms with Gasteiger partial charge in [-0.05, 0) is 18.1 Å². The summed E-state index contributed by atoms with van der Waals surface area (Å²) in [5, 5.41) is 0. The highest BCUT2D eigenvalue weighted by Gasteiger charge is 2.11. The Morgan fingerprint density at radius 3 is 2.38 bits per heavy atom. The number of aryl methyl sites for hydroxylation is 1. The van der Waals surface area contributed by atoms with Gasteiger partial charge in [0, 0.05) is 11.3 Å². The predicted molar refractivity (Wildman–Crippen MR) is 99.2 cm³/mol. The van der Waals surface area contributed by atoms with Gasteiger partial charge in [-0.1, -0.05) is 93.1 Å². The molecule has 1 aromatic heterocycles. The summed E-state index contributed by atoms with van der Waals surface area (Å²) in [6, 6.07) is 19.2. The fourth-order valence-electron chi connectivity index (χ4n) is 2.01. The first kappa shape index (κ1) is 15.0. The van der Waals surface area contributed by atoms with Gasteiger partial charge in [0.15, 0.2) is 0 Å². The third-order valence-electron chi connectivity index (χ3n) is 3.15. The van der Waals surface area contributed by atoms with Crippen molar-refractivity contribution in [1.29, 1.82) is 0 Å². The van der Waals surface area contributed by atoms with Gasteiger partial charge in [-0.2, -0.15) is 0 Å². The molecular formula is C17H14S4. The molecule has 0 amide bonds. The molecule has 4 heteroatoms. The van der Waals surface area contributed by atoms with Crippen LogP contribution >= 0.6 is 44.7 Å². The topological polar surface area (TPSA) is 0 Å². The highest BCUT2D eigenvalue weighted by molar-refractivity contribution is 8.02. The molecule has 0 spiro atoms. The van der Waals surface area contributed by atoms with Crippen molar-refractivity contribution in [3.63, 3.8) is 0 Å². The molecule has 3 aromatic rings. The summed E-state index contributed by atoms with van der Waals surface area (Å²) in [6.07, 6.45) is 0. The van der Waals surface area contributed by atoms with E-state index in [0.29, 0.717) is 0 Å². The minimum absolute atomic E-state index is 0.988. The minimum atomic E-state index is 0.988. The van der Waals surface area contributed by atoms with Crippen LogP contribution in [0, 0.1) is 10.7 Å². The van der Waals surface area contributed by atoms with E-state index in [1.807, 2.05) is 17.8 Å². The second kappa shape index (κ2) is 6.88. The fourth-order valence-corrected chi connectivity index (χ4v) is 6.47. The molecule has 0 aliphatic carbocycles. The maximum Gasteiger partial charge on any atom is 0.110 e. The lowest BCUT2D eigenvalue weighted by Crippen LogP contribution is -1.82. The first-order chi connectivity index (χ1) is 10.2. The largest absolute Gasteiger partial charge is 0.110 e. The third kappa shape index (κ3) is 3.64. The van der Waals surface area contributed by atoms with Crippen LogP contribution in [0.15, 0.2) is 58.8 Å². The molecule has 1 heterocycles. The molecule has 21 heavy (non-hydrogen) atoms. The molecule has 0 fully saturated rings. The van der Waals surface area contributed by atoms with Gasteiger partial charge in [-0.3, -0.25) is 0 Å².